The molecule has 0 N–H and O–H groups in total. The molecule has 0 fully saturated rings. The summed E-state index contributed by atoms with van der Waals surface area (Å²) >= 11 is 1.80. The van der Waals surface area contributed by atoms with Gasteiger partial charge in [0.2, 0.25) is 0 Å². The smallest absolute Gasteiger partial charge is 0.283 e. The van der Waals surface area contributed by atoms with E-state index in [0.717, 1.165) is 18.6 Å². The Morgan fingerprint density at radius 2 is 1.74 bits per heavy atom. The molecule has 0 aliphatic carbocycles. The standard InChI is InChI=1S/C21H23NO3S2/c1-16(15-19-18-11-5-6-13-21(18)27(24,25)22-19)20(23)12-7-8-14-26-17-9-3-2-4-10-17/h2-6,9-11,13,16H,7-8,12,14-15H2,1H3/t16-/m0/s1. The van der Waals surface area contributed by atoms with Crippen molar-refractivity contribution < 1.29 is 13.2 Å². The molecule has 6 heteroatoms. The van der Waals surface area contributed by atoms with Crippen molar-refractivity contribution in [3.8, 4) is 0 Å². The van der Waals surface area contributed by atoms with Gasteiger partial charge in [-0.15, -0.1) is 11.8 Å². The topological polar surface area (TPSA) is 63.6 Å². The molecule has 0 saturated heterocycles. The first-order valence-electron chi connectivity index (χ1n) is 9.11. The van der Waals surface area contributed by atoms with Crippen molar-refractivity contribution in [2.45, 2.75) is 42.4 Å². The molecule has 1 atom stereocenters. The van der Waals surface area contributed by atoms with E-state index in [1.54, 1.807) is 36.0 Å². The van der Waals surface area contributed by atoms with E-state index in [9.17, 15) is 13.2 Å². The van der Waals surface area contributed by atoms with E-state index in [4.69, 9.17) is 0 Å². The Hall–Kier alpha value is -1.92. The van der Waals surface area contributed by atoms with E-state index in [-0.39, 0.29) is 16.6 Å². The quantitative estimate of drug-likeness (QED) is 0.450. The van der Waals surface area contributed by atoms with Crippen LogP contribution in [0.4, 0.5) is 0 Å². The molecule has 1 aliphatic heterocycles. The highest BCUT2D eigenvalue weighted by molar-refractivity contribution is 7.99. The van der Waals surface area contributed by atoms with Crippen molar-refractivity contribution in [3.05, 3.63) is 60.2 Å². The fourth-order valence-electron chi connectivity index (χ4n) is 3.08. The molecule has 0 saturated carbocycles. The normalized spacial score (nSPS) is 15.8. The highest BCUT2D eigenvalue weighted by Crippen LogP contribution is 2.29. The first-order valence-corrected chi connectivity index (χ1v) is 11.5. The summed E-state index contributed by atoms with van der Waals surface area (Å²) < 4.78 is 28.1. The second-order valence-corrected chi connectivity index (χ2v) is 9.44. The molecule has 0 bridgehead atoms. The molecule has 1 heterocycles. The summed E-state index contributed by atoms with van der Waals surface area (Å²) in [6.07, 6.45) is 2.73. The Kier molecular flexibility index (Phi) is 6.50. The lowest BCUT2D eigenvalue weighted by atomic mass is 9.93. The molecule has 0 radical (unpaired) electrons. The number of nitrogens with zero attached hydrogens (tertiary/aromatic N) is 1. The van der Waals surface area contributed by atoms with Crippen LogP contribution in [0.15, 0.2) is 68.8 Å². The summed E-state index contributed by atoms with van der Waals surface area (Å²) in [5.41, 5.74) is 1.14. The summed E-state index contributed by atoms with van der Waals surface area (Å²) in [4.78, 5) is 13.9. The van der Waals surface area contributed by atoms with Crippen LogP contribution in [0, 0.1) is 5.92 Å². The molecule has 0 unspecified atom stereocenters. The van der Waals surface area contributed by atoms with Crippen molar-refractivity contribution in [1.29, 1.82) is 0 Å². The predicted octanol–water partition coefficient (Wildman–Crippen LogP) is 4.74. The summed E-state index contributed by atoms with van der Waals surface area (Å²) in [6.45, 7) is 1.86. The number of fused-ring (bicyclic) bond motifs is 1. The predicted molar refractivity (Wildman–Crippen MR) is 110 cm³/mol. The average molecular weight is 402 g/mol. The number of ketones is 1. The number of carbonyl (C=O) groups excluding carboxylic acids is 1. The number of carbonyl (C=O) groups is 1. The van der Waals surface area contributed by atoms with Gasteiger partial charge in [-0.2, -0.15) is 12.8 Å². The summed E-state index contributed by atoms with van der Waals surface area (Å²) in [5.74, 6) is 0.931. The molecule has 142 valence electrons. The summed E-state index contributed by atoms with van der Waals surface area (Å²) in [7, 11) is -3.60. The molecule has 0 spiro atoms. The van der Waals surface area contributed by atoms with Gasteiger partial charge in [0.05, 0.1) is 10.6 Å². The number of benzene rings is 2. The van der Waals surface area contributed by atoms with E-state index >= 15 is 0 Å². The maximum atomic E-state index is 12.4. The summed E-state index contributed by atoms with van der Waals surface area (Å²) in [6, 6.07) is 17.0. The van der Waals surface area contributed by atoms with Crippen LogP contribution in [0.2, 0.25) is 0 Å². The number of Topliss-reactive ketones (excluding diaryl/α,β-unsaturated/α-hetero) is 1. The number of thioether (sulfide) groups is 1. The van der Waals surface area contributed by atoms with Gasteiger partial charge in [0.25, 0.3) is 10.0 Å². The lowest BCUT2D eigenvalue weighted by Crippen LogP contribution is -2.15. The minimum atomic E-state index is -3.60. The van der Waals surface area contributed by atoms with E-state index in [0.29, 0.717) is 24.1 Å². The Bertz CT molecular complexity index is 937. The van der Waals surface area contributed by atoms with Crippen LogP contribution >= 0.6 is 11.8 Å². The van der Waals surface area contributed by atoms with Gasteiger partial charge in [0, 0.05) is 29.2 Å². The number of rotatable bonds is 9. The molecule has 4 nitrogen and oxygen atoms in total. The van der Waals surface area contributed by atoms with Gasteiger partial charge in [-0.25, -0.2) is 0 Å². The van der Waals surface area contributed by atoms with Crippen molar-refractivity contribution in [1.82, 2.24) is 0 Å². The van der Waals surface area contributed by atoms with Gasteiger partial charge in [-0.3, -0.25) is 4.79 Å². The van der Waals surface area contributed by atoms with Crippen molar-refractivity contribution in [2.24, 2.45) is 10.3 Å². The molecule has 0 amide bonds. The third-order valence-electron chi connectivity index (χ3n) is 4.58. The van der Waals surface area contributed by atoms with Gasteiger partial charge in [-0.1, -0.05) is 43.3 Å². The molecule has 1 aliphatic rings. The van der Waals surface area contributed by atoms with Gasteiger partial charge in [-0.05, 0) is 36.8 Å². The zero-order chi connectivity index (χ0) is 19.3. The van der Waals surface area contributed by atoms with Crippen LogP contribution in [-0.4, -0.2) is 25.7 Å². The second-order valence-electron chi connectivity index (χ2n) is 6.70. The average Bonchev–Trinajstić information content (AvgIpc) is 2.92. The van der Waals surface area contributed by atoms with E-state index in [2.05, 4.69) is 16.5 Å². The third kappa shape index (κ3) is 5.08. The molecule has 0 aromatic heterocycles. The highest BCUT2D eigenvalue weighted by atomic mass is 32.2. The first kappa shape index (κ1) is 19.8. The van der Waals surface area contributed by atoms with Crippen LogP contribution in [0.3, 0.4) is 0 Å². The molecule has 3 rings (SSSR count). The minimum absolute atomic E-state index is 0.171. The monoisotopic (exact) mass is 401 g/mol. The zero-order valence-electron chi connectivity index (χ0n) is 15.3. The van der Waals surface area contributed by atoms with Gasteiger partial charge < -0.3 is 0 Å². The van der Waals surface area contributed by atoms with Crippen LogP contribution in [0.25, 0.3) is 0 Å². The number of hydrogen-bond donors (Lipinski definition) is 0. The van der Waals surface area contributed by atoms with Crippen molar-refractivity contribution in [3.63, 3.8) is 0 Å². The zero-order valence-corrected chi connectivity index (χ0v) is 16.9. The van der Waals surface area contributed by atoms with Gasteiger partial charge in [0.15, 0.2) is 0 Å². The van der Waals surface area contributed by atoms with Gasteiger partial charge >= 0.3 is 0 Å². The SMILES string of the molecule is C[C@@H](CC1=NS(=O)(=O)c2ccccc21)C(=O)CCCCSc1ccccc1. The van der Waals surface area contributed by atoms with E-state index in [1.807, 2.05) is 25.1 Å². The molecule has 27 heavy (non-hydrogen) atoms. The molecular formula is C21H23NO3S2. The second kappa shape index (κ2) is 8.85. The Morgan fingerprint density at radius 1 is 1.04 bits per heavy atom. The Balaban J connectivity index is 1.46. The molecular weight excluding hydrogens is 378 g/mol. The fourth-order valence-corrected chi connectivity index (χ4v) is 5.29. The first-order chi connectivity index (χ1) is 13.0. The third-order valence-corrected chi connectivity index (χ3v) is 7.06. The van der Waals surface area contributed by atoms with Crippen LogP contribution in [0.5, 0.6) is 0 Å². The number of hydrogen-bond acceptors (Lipinski definition) is 4. The fraction of sp³-hybridized carbons (Fsp3) is 0.333. The van der Waals surface area contributed by atoms with Crippen LogP contribution < -0.4 is 0 Å². The maximum Gasteiger partial charge on any atom is 0.283 e. The molecule has 2 aromatic carbocycles. The lowest BCUT2D eigenvalue weighted by molar-refractivity contribution is -0.122. The maximum absolute atomic E-state index is 12.4. The van der Waals surface area contributed by atoms with Crippen LogP contribution in [-0.2, 0) is 14.8 Å². The number of sulfonamides is 1. The van der Waals surface area contributed by atoms with Crippen LogP contribution in [0.1, 0.15) is 38.2 Å². The Morgan fingerprint density at radius 3 is 2.52 bits per heavy atom. The number of unbranched alkanes of at least 4 members (excludes halogenated alkanes) is 1. The highest BCUT2D eigenvalue weighted by Gasteiger charge is 2.29. The lowest BCUT2D eigenvalue weighted by Gasteiger charge is -2.10. The van der Waals surface area contributed by atoms with Crippen molar-refractivity contribution >= 4 is 33.3 Å². The summed E-state index contributed by atoms with van der Waals surface area (Å²) in [5, 5.41) is 0. The minimum Gasteiger partial charge on any atom is -0.299 e. The van der Waals surface area contributed by atoms with E-state index < -0.39 is 10.0 Å². The molecule has 2 aromatic rings. The van der Waals surface area contributed by atoms with Gasteiger partial charge in [0.1, 0.15) is 5.78 Å². The van der Waals surface area contributed by atoms with E-state index in [1.165, 1.54) is 4.90 Å². The largest absolute Gasteiger partial charge is 0.299 e. The van der Waals surface area contributed by atoms with Crippen molar-refractivity contribution in [2.75, 3.05) is 5.75 Å². The Labute approximate surface area is 165 Å².